The number of nitrogens with two attached hydrogens (primary N) is 2. The van der Waals surface area contributed by atoms with Gasteiger partial charge in [-0.25, -0.2) is 0 Å². The predicted octanol–water partition coefficient (Wildman–Crippen LogP) is 1.77. The summed E-state index contributed by atoms with van der Waals surface area (Å²) in [7, 11) is 0. The van der Waals surface area contributed by atoms with Gasteiger partial charge in [0.1, 0.15) is 10.8 Å². The number of phenols is 1. The molecule has 0 saturated heterocycles. The largest absolute Gasteiger partial charge is 0.508 e. The third kappa shape index (κ3) is 0.887. The number of aromatic hydroxyl groups is 1. The van der Waals surface area contributed by atoms with Crippen LogP contribution in [0.4, 0.5) is 10.7 Å². The maximum Gasteiger partial charge on any atom is 0.117 e. The Hall–Kier alpha value is -1.42. The summed E-state index contributed by atoms with van der Waals surface area (Å²) in [5, 5.41) is 10.7. The van der Waals surface area contributed by atoms with Crippen molar-refractivity contribution in [2.45, 2.75) is 0 Å². The van der Waals surface area contributed by atoms with E-state index in [1.165, 1.54) is 11.3 Å². The average Bonchev–Trinajstić information content (AvgIpc) is 2.28. The molecule has 0 unspecified atom stereocenters. The number of thiophene rings is 1. The number of phenolic OH excluding ortho intramolecular Hbond substituents is 1. The van der Waals surface area contributed by atoms with Gasteiger partial charge in [0.25, 0.3) is 0 Å². The summed E-state index contributed by atoms with van der Waals surface area (Å²) in [6, 6.07) is 5.03. The number of hydrogen-bond acceptors (Lipinski definition) is 4. The minimum atomic E-state index is 0.240. The fourth-order valence-electron chi connectivity index (χ4n) is 1.12. The SMILES string of the molecule is Nc1sc2cc(O)ccc2c1N. The van der Waals surface area contributed by atoms with Gasteiger partial charge in [-0.3, -0.25) is 0 Å². The van der Waals surface area contributed by atoms with E-state index >= 15 is 0 Å². The van der Waals surface area contributed by atoms with E-state index in [2.05, 4.69) is 0 Å². The van der Waals surface area contributed by atoms with Crippen molar-refractivity contribution < 1.29 is 5.11 Å². The molecule has 0 atom stereocenters. The maximum atomic E-state index is 9.16. The zero-order valence-corrected chi connectivity index (χ0v) is 7.06. The lowest BCUT2D eigenvalue weighted by atomic mass is 10.2. The van der Waals surface area contributed by atoms with Crippen molar-refractivity contribution in [3.05, 3.63) is 18.2 Å². The number of anilines is 2. The van der Waals surface area contributed by atoms with E-state index < -0.39 is 0 Å². The van der Waals surface area contributed by atoms with Gasteiger partial charge in [0.15, 0.2) is 0 Å². The summed E-state index contributed by atoms with van der Waals surface area (Å²) in [5.74, 6) is 0.240. The predicted molar refractivity (Wildman–Crippen MR) is 52.3 cm³/mol. The number of fused-ring (bicyclic) bond motifs is 1. The molecule has 12 heavy (non-hydrogen) atoms. The van der Waals surface area contributed by atoms with Gasteiger partial charge >= 0.3 is 0 Å². The zero-order chi connectivity index (χ0) is 8.72. The molecule has 3 nitrogen and oxygen atoms in total. The molecule has 2 rings (SSSR count). The lowest BCUT2D eigenvalue weighted by molar-refractivity contribution is 0.476. The standard InChI is InChI=1S/C8H8N2OS/c9-7-5-2-1-4(11)3-6(5)12-8(7)10/h1-3,11H,9-10H2. The first-order valence-corrected chi connectivity index (χ1v) is 4.26. The van der Waals surface area contributed by atoms with E-state index in [4.69, 9.17) is 16.6 Å². The molecule has 0 spiro atoms. The van der Waals surface area contributed by atoms with E-state index in [9.17, 15) is 0 Å². The van der Waals surface area contributed by atoms with Crippen LogP contribution in [-0.2, 0) is 0 Å². The van der Waals surface area contributed by atoms with Gasteiger partial charge < -0.3 is 16.6 Å². The first-order valence-electron chi connectivity index (χ1n) is 3.45. The van der Waals surface area contributed by atoms with Gasteiger partial charge in [0.2, 0.25) is 0 Å². The van der Waals surface area contributed by atoms with E-state index in [1.807, 2.05) is 0 Å². The second-order valence-corrected chi connectivity index (χ2v) is 3.64. The summed E-state index contributed by atoms with van der Waals surface area (Å²) in [4.78, 5) is 0. The maximum absolute atomic E-state index is 9.16. The van der Waals surface area contributed by atoms with Crippen LogP contribution in [0.3, 0.4) is 0 Å². The fraction of sp³-hybridized carbons (Fsp3) is 0. The molecule has 0 aliphatic heterocycles. The van der Waals surface area contributed by atoms with E-state index in [1.54, 1.807) is 18.2 Å². The Bertz CT molecular complexity index is 436. The average molecular weight is 180 g/mol. The van der Waals surface area contributed by atoms with Crippen LogP contribution in [-0.4, -0.2) is 5.11 Å². The summed E-state index contributed by atoms with van der Waals surface area (Å²) < 4.78 is 0.921. The van der Waals surface area contributed by atoms with Crippen molar-refractivity contribution in [3.8, 4) is 5.75 Å². The monoisotopic (exact) mass is 180 g/mol. The highest BCUT2D eigenvalue weighted by atomic mass is 32.1. The van der Waals surface area contributed by atoms with Crippen molar-refractivity contribution in [2.24, 2.45) is 0 Å². The molecule has 4 heteroatoms. The Morgan fingerprint density at radius 3 is 2.75 bits per heavy atom. The van der Waals surface area contributed by atoms with E-state index in [0.29, 0.717) is 10.7 Å². The molecular formula is C8H8N2OS. The van der Waals surface area contributed by atoms with Crippen LogP contribution in [0.2, 0.25) is 0 Å². The molecule has 1 aromatic heterocycles. The van der Waals surface area contributed by atoms with Crippen molar-refractivity contribution in [1.29, 1.82) is 0 Å². The van der Waals surface area contributed by atoms with E-state index in [0.717, 1.165) is 10.1 Å². The third-order valence-corrected chi connectivity index (χ3v) is 2.74. The quantitative estimate of drug-likeness (QED) is 0.578. The number of nitrogen functional groups attached to an aromatic ring is 2. The van der Waals surface area contributed by atoms with Crippen LogP contribution in [0.5, 0.6) is 5.75 Å². The fourth-order valence-corrected chi connectivity index (χ4v) is 2.05. The molecule has 1 aromatic carbocycles. The molecule has 62 valence electrons. The first kappa shape index (κ1) is 7.24. The molecule has 0 radical (unpaired) electrons. The lowest BCUT2D eigenvalue weighted by Gasteiger charge is -1.92. The van der Waals surface area contributed by atoms with Crippen molar-refractivity contribution in [1.82, 2.24) is 0 Å². The van der Waals surface area contributed by atoms with Gasteiger partial charge in [-0.2, -0.15) is 0 Å². The Kier molecular flexibility index (Phi) is 1.38. The first-order chi connectivity index (χ1) is 5.68. The molecule has 5 N–H and O–H groups in total. The zero-order valence-electron chi connectivity index (χ0n) is 6.24. The van der Waals surface area contributed by atoms with Crippen molar-refractivity contribution in [2.75, 3.05) is 11.5 Å². The molecule has 0 fully saturated rings. The Morgan fingerprint density at radius 2 is 2.00 bits per heavy atom. The van der Waals surface area contributed by atoms with Crippen LogP contribution < -0.4 is 11.5 Å². The molecule has 0 bridgehead atoms. The van der Waals surface area contributed by atoms with E-state index in [-0.39, 0.29) is 5.75 Å². The topological polar surface area (TPSA) is 72.3 Å². The number of benzene rings is 1. The third-order valence-electron chi connectivity index (χ3n) is 1.74. The van der Waals surface area contributed by atoms with Gasteiger partial charge in [0.05, 0.1) is 5.69 Å². The molecule has 0 saturated carbocycles. The Morgan fingerprint density at radius 1 is 1.25 bits per heavy atom. The Labute approximate surface area is 73.2 Å². The number of hydrogen-bond donors (Lipinski definition) is 3. The van der Waals surface area contributed by atoms with Gasteiger partial charge in [0, 0.05) is 10.1 Å². The highest BCUT2D eigenvalue weighted by Crippen LogP contribution is 2.37. The molecule has 1 heterocycles. The summed E-state index contributed by atoms with van der Waals surface area (Å²) in [5.41, 5.74) is 11.9. The van der Waals surface area contributed by atoms with Gasteiger partial charge in [-0.05, 0) is 18.2 Å². The minimum absolute atomic E-state index is 0.240. The molecular weight excluding hydrogens is 172 g/mol. The summed E-state index contributed by atoms with van der Waals surface area (Å²) >= 11 is 1.39. The van der Waals surface area contributed by atoms with Crippen molar-refractivity contribution >= 4 is 32.1 Å². The minimum Gasteiger partial charge on any atom is -0.508 e. The van der Waals surface area contributed by atoms with Gasteiger partial charge in [-0.15, -0.1) is 11.3 Å². The van der Waals surface area contributed by atoms with Crippen LogP contribution in [0.1, 0.15) is 0 Å². The summed E-state index contributed by atoms with van der Waals surface area (Å²) in [6.07, 6.45) is 0. The highest BCUT2D eigenvalue weighted by molar-refractivity contribution is 7.23. The molecule has 2 aromatic rings. The van der Waals surface area contributed by atoms with Crippen LogP contribution in [0.25, 0.3) is 10.1 Å². The van der Waals surface area contributed by atoms with Crippen molar-refractivity contribution in [3.63, 3.8) is 0 Å². The molecule has 0 aliphatic carbocycles. The lowest BCUT2D eigenvalue weighted by Crippen LogP contribution is -1.87. The number of rotatable bonds is 0. The smallest absolute Gasteiger partial charge is 0.117 e. The second-order valence-electron chi connectivity index (χ2n) is 2.56. The van der Waals surface area contributed by atoms with Crippen LogP contribution in [0, 0.1) is 0 Å². The molecule has 0 aliphatic rings. The highest BCUT2D eigenvalue weighted by Gasteiger charge is 2.05. The second kappa shape index (κ2) is 2.28. The van der Waals surface area contributed by atoms with Crippen LogP contribution in [0.15, 0.2) is 18.2 Å². The summed E-state index contributed by atoms with van der Waals surface area (Å²) in [6.45, 7) is 0. The Balaban J connectivity index is 2.87. The normalized spacial score (nSPS) is 10.7. The van der Waals surface area contributed by atoms with Gasteiger partial charge in [-0.1, -0.05) is 0 Å². The van der Waals surface area contributed by atoms with Crippen LogP contribution >= 0.6 is 11.3 Å². The molecule has 0 amide bonds.